The molecule has 5 nitrogen and oxygen atoms in total. The third-order valence-electron chi connectivity index (χ3n) is 5.29. The van der Waals surface area contributed by atoms with Crippen LogP contribution in [0.4, 0.5) is 10.3 Å². The highest BCUT2D eigenvalue weighted by atomic mass is 35.5. The molecule has 0 saturated heterocycles. The highest BCUT2D eigenvalue weighted by Gasteiger charge is 2.36. The zero-order chi connectivity index (χ0) is 20.7. The highest BCUT2D eigenvalue weighted by Crippen LogP contribution is 2.40. The summed E-state index contributed by atoms with van der Waals surface area (Å²) in [4.78, 5) is 17.4. The molecule has 0 saturated carbocycles. The number of carbonyl (C=O) groups excluding carboxylic acids is 1. The number of hydrogen-bond acceptors (Lipinski definition) is 5. The zero-order valence-corrected chi connectivity index (χ0v) is 17.5. The summed E-state index contributed by atoms with van der Waals surface area (Å²) in [5.74, 6) is 1.07. The van der Waals surface area contributed by atoms with Crippen molar-refractivity contribution in [2.45, 2.75) is 36.2 Å². The van der Waals surface area contributed by atoms with Gasteiger partial charge in [-0.05, 0) is 48.2 Å². The molecule has 0 fully saturated rings. The van der Waals surface area contributed by atoms with Crippen molar-refractivity contribution in [2.24, 2.45) is 0 Å². The van der Waals surface area contributed by atoms with Crippen molar-refractivity contribution in [1.29, 1.82) is 0 Å². The van der Waals surface area contributed by atoms with Crippen LogP contribution in [-0.4, -0.2) is 20.5 Å². The molecule has 3 aromatic rings. The molecule has 0 unspecified atom stereocenters. The Hall–Kier alpha value is -2.64. The van der Waals surface area contributed by atoms with Gasteiger partial charge >= 0.3 is 0 Å². The van der Waals surface area contributed by atoms with Crippen molar-refractivity contribution >= 4 is 35.1 Å². The summed E-state index contributed by atoms with van der Waals surface area (Å²) in [7, 11) is 0. The molecule has 0 radical (unpaired) electrons. The average Bonchev–Trinajstić information content (AvgIpc) is 3.14. The van der Waals surface area contributed by atoms with Gasteiger partial charge in [-0.1, -0.05) is 47.6 Å². The predicted molar refractivity (Wildman–Crippen MR) is 115 cm³/mol. The van der Waals surface area contributed by atoms with Crippen molar-refractivity contribution in [2.75, 3.05) is 5.32 Å². The molecule has 1 N–H and O–H groups in total. The molecule has 2 aliphatic rings. The minimum absolute atomic E-state index is 0.104. The Morgan fingerprint density at radius 2 is 2.03 bits per heavy atom. The summed E-state index contributed by atoms with van der Waals surface area (Å²) in [5.41, 5.74) is 3.50. The first kappa shape index (κ1) is 19.3. The van der Waals surface area contributed by atoms with E-state index in [4.69, 9.17) is 11.6 Å². The summed E-state index contributed by atoms with van der Waals surface area (Å²) in [6, 6.07) is 13.5. The molecule has 152 valence electrons. The monoisotopic (exact) mass is 440 g/mol. The summed E-state index contributed by atoms with van der Waals surface area (Å²) in [6.07, 6.45) is 2.11. The van der Waals surface area contributed by atoms with Crippen LogP contribution in [0.25, 0.3) is 0 Å². The normalized spacial score (nSPS) is 18.1. The molecule has 1 aliphatic heterocycles. The number of hydrogen-bond donors (Lipinski definition) is 1. The van der Waals surface area contributed by atoms with Gasteiger partial charge in [0.05, 0.1) is 0 Å². The summed E-state index contributed by atoms with van der Waals surface area (Å²) in [5, 5.41) is 9.30. The lowest BCUT2D eigenvalue weighted by Crippen LogP contribution is -2.31. The minimum atomic E-state index is -0.405. The van der Waals surface area contributed by atoms with Gasteiger partial charge in [0.15, 0.2) is 5.78 Å². The van der Waals surface area contributed by atoms with E-state index in [1.54, 1.807) is 16.8 Å². The maximum atomic E-state index is 13.5. The number of thioether (sulfide) groups is 1. The molecule has 1 aliphatic carbocycles. The Morgan fingerprint density at radius 3 is 2.83 bits per heavy atom. The van der Waals surface area contributed by atoms with Crippen LogP contribution in [0.2, 0.25) is 5.02 Å². The molecule has 0 amide bonds. The maximum absolute atomic E-state index is 13.5. The third-order valence-corrected chi connectivity index (χ3v) is 6.44. The predicted octanol–water partition coefficient (Wildman–Crippen LogP) is 5.38. The first-order valence-corrected chi connectivity index (χ1v) is 11.1. The van der Waals surface area contributed by atoms with Gasteiger partial charge in [0.2, 0.25) is 11.1 Å². The van der Waals surface area contributed by atoms with E-state index in [0.29, 0.717) is 33.9 Å². The van der Waals surface area contributed by atoms with Gasteiger partial charge in [-0.3, -0.25) is 4.79 Å². The number of nitrogens with one attached hydrogen (secondary N) is 1. The van der Waals surface area contributed by atoms with Crippen molar-refractivity contribution in [3.05, 3.63) is 81.8 Å². The van der Waals surface area contributed by atoms with E-state index in [0.717, 1.165) is 29.7 Å². The topological polar surface area (TPSA) is 59.8 Å². The Bertz CT molecular complexity index is 1160. The van der Waals surface area contributed by atoms with Crippen LogP contribution in [-0.2, 0) is 10.5 Å². The Morgan fingerprint density at radius 1 is 1.20 bits per heavy atom. The number of benzene rings is 2. The fourth-order valence-electron chi connectivity index (χ4n) is 3.93. The van der Waals surface area contributed by atoms with Crippen molar-refractivity contribution < 1.29 is 9.18 Å². The fourth-order valence-corrected chi connectivity index (χ4v) is 4.91. The van der Waals surface area contributed by atoms with E-state index in [2.05, 4.69) is 15.4 Å². The molecule has 2 heterocycles. The second-order valence-electron chi connectivity index (χ2n) is 7.33. The molecule has 8 heteroatoms. The number of aromatic nitrogens is 3. The number of anilines is 1. The number of nitrogens with zero attached hydrogens (tertiary/aromatic N) is 3. The zero-order valence-electron chi connectivity index (χ0n) is 15.9. The molecule has 0 bridgehead atoms. The number of fused-ring (bicyclic) bond motifs is 1. The fraction of sp³-hybridized carbons (Fsp3) is 0.227. The van der Waals surface area contributed by atoms with Gasteiger partial charge in [0, 0.05) is 28.5 Å². The highest BCUT2D eigenvalue weighted by molar-refractivity contribution is 7.98. The van der Waals surface area contributed by atoms with Crippen LogP contribution in [0.15, 0.2) is 65.0 Å². The quantitative estimate of drug-likeness (QED) is 0.551. The van der Waals surface area contributed by atoms with E-state index in [1.807, 2.05) is 24.3 Å². The summed E-state index contributed by atoms with van der Waals surface area (Å²) >= 11 is 7.58. The van der Waals surface area contributed by atoms with E-state index in [1.165, 1.54) is 23.9 Å². The molecule has 1 atom stereocenters. The van der Waals surface area contributed by atoms with Crippen LogP contribution < -0.4 is 5.32 Å². The number of halogens is 2. The first-order chi connectivity index (χ1) is 14.6. The molecule has 1 aromatic heterocycles. The number of carbonyl (C=O) groups is 1. The first-order valence-electron chi connectivity index (χ1n) is 9.71. The lowest BCUT2D eigenvalue weighted by molar-refractivity contribution is -0.116. The van der Waals surface area contributed by atoms with Gasteiger partial charge in [0.1, 0.15) is 11.9 Å². The van der Waals surface area contributed by atoms with Gasteiger partial charge in [0.25, 0.3) is 0 Å². The molecule has 2 aromatic carbocycles. The lowest BCUT2D eigenvalue weighted by Gasteiger charge is -2.32. The summed E-state index contributed by atoms with van der Waals surface area (Å²) in [6.45, 7) is 0. The Kier molecular flexibility index (Phi) is 5.08. The summed E-state index contributed by atoms with van der Waals surface area (Å²) < 4.78 is 15.3. The maximum Gasteiger partial charge on any atom is 0.227 e. The Labute approximate surface area is 182 Å². The van der Waals surface area contributed by atoms with Gasteiger partial charge in [-0.2, -0.15) is 4.98 Å². The van der Waals surface area contributed by atoms with Crippen LogP contribution in [0.1, 0.15) is 36.4 Å². The van der Waals surface area contributed by atoms with Crippen molar-refractivity contribution in [3.8, 4) is 0 Å². The van der Waals surface area contributed by atoms with E-state index in [-0.39, 0.29) is 11.6 Å². The lowest BCUT2D eigenvalue weighted by atomic mass is 9.85. The largest absolute Gasteiger partial charge is 0.328 e. The number of Topliss-reactive ketones (excluding diaryl/α,β-unsaturated/α-hetero) is 1. The van der Waals surface area contributed by atoms with Gasteiger partial charge in [-0.25, -0.2) is 9.07 Å². The molecule has 30 heavy (non-hydrogen) atoms. The van der Waals surface area contributed by atoms with Crippen LogP contribution in [0.3, 0.4) is 0 Å². The third kappa shape index (κ3) is 3.63. The van der Waals surface area contributed by atoms with E-state index in [9.17, 15) is 9.18 Å². The standard InChI is InChI=1S/C22H18ClFN4OS/c23-15-4-1-3-13(11-15)12-30-22-26-21-25-17-5-2-6-18(29)19(17)20(28(21)27-22)14-7-9-16(24)10-8-14/h1,3-4,7-11,20H,2,5-6,12H2,(H,25,26,27)/t20-/m0/s1. The van der Waals surface area contributed by atoms with Crippen LogP contribution in [0.5, 0.6) is 0 Å². The smallest absolute Gasteiger partial charge is 0.227 e. The molecule has 5 rings (SSSR count). The number of allylic oxidation sites excluding steroid dienone is 2. The van der Waals surface area contributed by atoms with Crippen molar-refractivity contribution in [1.82, 2.24) is 14.8 Å². The SMILES string of the molecule is O=C1CCCC2=C1[C@H](c1ccc(F)cc1)n1nc(SCc3cccc(Cl)c3)nc1N2. The Balaban J connectivity index is 1.50. The van der Waals surface area contributed by atoms with E-state index < -0.39 is 6.04 Å². The molecular formula is C22H18ClFN4OS. The van der Waals surface area contributed by atoms with Crippen LogP contribution in [0, 0.1) is 5.82 Å². The second-order valence-corrected chi connectivity index (χ2v) is 8.71. The molecule has 0 spiro atoms. The second kappa shape index (κ2) is 7.89. The molecular weight excluding hydrogens is 423 g/mol. The average molecular weight is 441 g/mol. The van der Waals surface area contributed by atoms with E-state index >= 15 is 0 Å². The van der Waals surface area contributed by atoms with Crippen molar-refractivity contribution in [3.63, 3.8) is 0 Å². The van der Waals surface area contributed by atoms with Gasteiger partial charge in [-0.15, -0.1) is 5.10 Å². The number of rotatable bonds is 4. The van der Waals surface area contributed by atoms with Gasteiger partial charge < -0.3 is 5.32 Å². The van der Waals surface area contributed by atoms with Crippen LogP contribution >= 0.6 is 23.4 Å². The minimum Gasteiger partial charge on any atom is -0.328 e. The number of ketones is 1.